The first-order chi connectivity index (χ1) is 15.7. The molecular formula is C29H44O3S2. The van der Waals surface area contributed by atoms with Gasteiger partial charge in [-0.1, -0.05) is 46.6 Å². The summed E-state index contributed by atoms with van der Waals surface area (Å²) in [6, 6.07) is 0. The molecule has 34 heavy (non-hydrogen) atoms. The fourth-order valence-corrected chi connectivity index (χ4v) is 11.6. The minimum atomic E-state index is -0.507. The molecule has 0 N–H and O–H groups in total. The molecule has 190 valence electrons. The number of allylic oxidation sites excluding steroid dienone is 2. The third-order valence-electron chi connectivity index (χ3n) is 11.8. The van der Waals surface area contributed by atoms with E-state index in [1.54, 1.807) is 6.92 Å². The lowest BCUT2D eigenvalue weighted by atomic mass is 9.37. The van der Waals surface area contributed by atoms with Gasteiger partial charge in [0.2, 0.25) is 0 Å². The summed E-state index contributed by atoms with van der Waals surface area (Å²) in [6.45, 7) is 13.6. The summed E-state index contributed by atoms with van der Waals surface area (Å²) in [6.07, 6.45) is 11.9. The molecule has 5 heteroatoms. The molecule has 4 saturated carbocycles. The van der Waals surface area contributed by atoms with Gasteiger partial charge in [-0.3, -0.25) is 9.59 Å². The van der Waals surface area contributed by atoms with Crippen molar-refractivity contribution in [2.75, 3.05) is 0 Å². The molecule has 0 aromatic rings. The number of thiol groups is 2. The number of rotatable bonds is 1. The maximum Gasteiger partial charge on any atom is 0.302 e. The Morgan fingerprint density at radius 3 is 2.29 bits per heavy atom. The van der Waals surface area contributed by atoms with Crippen molar-refractivity contribution in [1.82, 2.24) is 0 Å². The van der Waals surface area contributed by atoms with E-state index in [0.717, 1.165) is 44.9 Å². The Morgan fingerprint density at radius 1 is 0.912 bits per heavy atom. The fraction of sp³-hybridized carbons (Fsp3) is 0.862. The molecule has 3 nitrogen and oxygen atoms in total. The summed E-state index contributed by atoms with van der Waals surface area (Å²) < 4.78 is 5.34. The number of esters is 1. The van der Waals surface area contributed by atoms with E-state index in [2.05, 4.69) is 40.7 Å². The molecule has 0 aromatic carbocycles. The van der Waals surface area contributed by atoms with Crippen LogP contribution in [0.15, 0.2) is 11.6 Å². The third kappa shape index (κ3) is 3.30. The van der Waals surface area contributed by atoms with Gasteiger partial charge in [-0.15, -0.1) is 0 Å². The first-order valence-electron chi connectivity index (χ1n) is 13.6. The minimum absolute atomic E-state index is 0.0000465. The molecule has 0 heterocycles. The lowest BCUT2D eigenvalue weighted by Gasteiger charge is -2.68. The number of fused-ring (bicyclic) bond motifs is 7. The Kier molecular flexibility index (Phi) is 5.78. The third-order valence-corrected chi connectivity index (χ3v) is 12.8. The molecule has 0 aromatic heterocycles. The molecule has 5 rings (SSSR count). The number of carbonyl (C=O) groups is 2. The zero-order valence-electron chi connectivity index (χ0n) is 21.9. The summed E-state index contributed by atoms with van der Waals surface area (Å²) in [5, 5.41) is 0. The van der Waals surface area contributed by atoms with Crippen LogP contribution in [-0.2, 0) is 14.3 Å². The lowest BCUT2D eigenvalue weighted by molar-refractivity contribution is -0.194. The van der Waals surface area contributed by atoms with Crippen LogP contribution in [0, 0.1) is 45.3 Å². The van der Waals surface area contributed by atoms with Gasteiger partial charge < -0.3 is 4.74 Å². The quantitative estimate of drug-likeness (QED) is 0.228. The van der Waals surface area contributed by atoms with E-state index in [0.29, 0.717) is 17.8 Å². The van der Waals surface area contributed by atoms with Crippen LogP contribution in [0.25, 0.3) is 0 Å². The average Bonchev–Trinajstić information content (AvgIpc) is 2.69. The van der Waals surface area contributed by atoms with E-state index in [9.17, 15) is 9.59 Å². The van der Waals surface area contributed by atoms with Crippen LogP contribution in [-0.4, -0.2) is 21.9 Å². The van der Waals surface area contributed by atoms with Gasteiger partial charge in [0.05, 0.1) is 10.00 Å². The van der Waals surface area contributed by atoms with Crippen molar-refractivity contribution in [2.45, 2.75) is 110 Å². The maximum absolute atomic E-state index is 13.7. The molecule has 0 saturated heterocycles. The van der Waals surface area contributed by atoms with Crippen molar-refractivity contribution < 1.29 is 14.3 Å². The smallest absolute Gasteiger partial charge is 0.302 e. The summed E-state index contributed by atoms with van der Waals surface area (Å²) in [5.41, 5.74) is 1.64. The maximum atomic E-state index is 13.7. The van der Waals surface area contributed by atoms with Gasteiger partial charge in [0, 0.05) is 12.3 Å². The second-order valence-corrected chi connectivity index (χ2v) is 15.8. The van der Waals surface area contributed by atoms with Crippen molar-refractivity contribution in [3.63, 3.8) is 0 Å². The highest BCUT2D eigenvalue weighted by Crippen LogP contribution is 2.72. The highest BCUT2D eigenvalue weighted by Gasteiger charge is 2.67. The molecule has 8 atom stereocenters. The van der Waals surface area contributed by atoms with Gasteiger partial charge in [-0.25, -0.2) is 0 Å². The summed E-state index contributed by atoms with van der Waals surface area (Å²) in [5.74, 6) is 1.56. The summed E-state index contributed by atoms with van der Waals surface area (Å²) in [4.78, 5) is 25.5. The second-order valence-electron chi connectivity index (χ2n) is 13.8. The van der Waals surface area contributed by atoms with Gasteiger partial charge in [0.25, 0.3) is 0 Å². The standard InChI is InChI=1S/C29H44O3S2/c1-17(30)32-23-11-15-28(6)21(25(23,2)3)10-14-26(4)19-16-20(31)24-27(5,12-7-13-29(24,33)34)18(19)8-9-22(26)28/h16,18,21-24,33-34H,7-15H2,1-6H3. The monoisotopic (exact) mass is 504 g/mol. The average molecular weight is 505 g/mol. The van der Waals surface area contributed by atoms with Crippen LogP contribution in [0.1, 0.15) is 99.3 Å². The Hall–Kier alpha value is -0.420. The van der Waals surface area contributed by atoms with Crippen LogP contribution < -0.4 is 0 Å². The van der Waals surface area contributed by atoms with Crippen molar-refractivity contribution in [2.24, 2.45) is 45.3 Å². The van der Waals surface area contributed by atoms with E-state index in [1.807, 2.05) is 0 Å². The molecule has 0 bridgehead atoms. The number of ether oxygens (including phenoxy) is 1. The van der Waals surface area contributed by atoms with Gasteiger partial charge in [0.1, 0.15) is 6.10 Å². The van der Waals surface area contributed by atoms with Crippen molar-refractivity contribution in [3.05, 3.63) is 11.6 Å². The molecule has 5 aliphatic rings. The van der Waals surface area contributed by atoms with Crippen LogP contribution in [0.5, 0.6) is 0 Å². The highest BCUT2D eigenvalue weighted by molar-refractivity contribution is 8.00. The lowest BCUT2D eigenvalue weighted by Crippen LogP contribution is -2.63. The van der Waals surface area contributed by atoms with Crippen molar-refractivity contribution in [3.8, 4) is 0 Å². The van der Waals surface area contributed by atoms with Crippen LogP contribution in [0.2, 0.25) is 0 Å². The minimum Gasteiger partial charge on any atom is -0.462 e. The molecule has 0 aliphatic heterocycles. The molecule has 5 aliphatic carbocycles. The molecule has 0 amide bonds. The van der Waals surface area contributed by atoms with Gasteiger partial charge in [-0.05, 0) is 91.4 Å². The van der Waals surface area contributed by atoms with Gasteiger partial charge in [-0.2, -0.15) is 25.3 Å². The zero-order chi connectivity index (χ0) is 24.9. The first-order valence-corrected chi connectivity index (χ1v) is 14.5. The number of ketones is 1. The first kappa shape index (κ1) is 25.2. The molecule has 4 fully saturated rings. The molecule has 0 spiro atoms. The Bertz CT molecular complexity index is 938. The predicted molar refractivity (Wildman–Crippen MR) is 143 cm³/mol. The summed E-state index contributed by atoms with van der Waals surface area (Å²) >= 11 is 9.85. The Labute approximate surface area is 217 Å². The Balaban J connectivity index is 1.53. The second kappa shape index (κ2) is 7.79. The van der Waals surface area contributed by atoms with Gasteiger partial charge in [0.15, 0.2) is 5.78 Å². The largest absolute Gasteiger partial charge is 0.462 e. The van der Waals surface area contributed by atoms with Crippen LogP contribution >= 0.6 is 25.3 Å². The van der Waals surface area contributed by atoms with Crippen molar-refractivity contribution >= 4 is 37.0 Å². The zero-order valence-corrected chi connectivity index (χ0v) is 23.7. The van der Waals surface area contributed by atoms with E-state index < -0.39 is 4.08 Å². The topological polar surface area (TPSA) is 43.4 Å². The molecule has 0 radical (unpaired) electrons. The fourth-order valence-electron chi connectivity index (χ4n) is 10.5. The molecular weight excluding hydrogens is 460 g/mol. The van der Waals surface area contributed by atoms with E-state index >= 15 is 0 Å². The van der Waals surface area contributed by atoms with Crippen LogP contribution in [0.3, 0.4) is 0 Å². The SMILES string of the molecule is CC(=O)OC1CCC2(C)C3CCC4C(=CC(=O)C5C(S)(S)CCCC45C)C3(C)CCC2C1(C)C. The highest BCUT2D eigenvalue weighted by atomic mass is 32.2. The van der Waals surface area contributed by atoms with Gasteiger partial charge >= 0.3 is 5.97 Å². The Morgan fingerprint density at radius 2 is 1.62 bits per heavy atom. The van der Waals surface area contributed by atoms with E-state index in [1.165, 1.54) is 18.4 Å². The van der Waals surface area contributed by atoms with Crippen molar-refractivity contribution in [1.29, 1.82) is 0 Å². The number of hydrogen-bond donors (Lipinski definition) is 2. The predicted octanol–water partition coefficient (Wildman–Crippen LogP) is 7.06. The number of carbonyl (C=O) groups excluding carboxylic acids is 2. The van der Waals surface area contributed by atoms with E-state index in [-0.39, 0.29) is 45.4 Å². The normalized spacial score (nSPS) is 49.0. The number of hydrogen-bond acceptors (Lipinski definition) is 5. The van der Waals surface area contributed by atoms with Crippen LogP contribution in [0.4, 0.5) is 0 Å². The van der Waals surface area contributed by atoms with E-state index in [4.69, 9.17) is 30.0 Å². The summed E-state index contributed by atoms with van der Waals surface area (Å²) in [7, 11) is 0. The molecule has 8 unspecified atom stereocenters.